The maximum atomic E-state index is 13.4. The van der Waals surface area contributed by atoms with Gasteiger partial charge in [0.15, 0.2) is 0 Å². The third-order valence-electron chi connectivity index (χ3n) is 5.83. The van der Waals surface area contributed by atoms with Crippen molar-refractivity contribution in [3.8, 4) is 0 Å². The summed E-state index contributed by atoms with van der Waals surface area (Å²) in [6, 6.07) is -2.43. The van der Waals surface area contributed by atoms with Crippen LogP contribution in [0.15, 0.2) is 12.2 Å². The van der Waals surface area contributed by atoms with Gasteiger partial charge in [-0.25, -0.2) is 9.59 Å². The van der Waals surface area contributed by atoms with E-state index in [0.29, 0.717) is 32.2 Å². The maximum Gasteiger partial charge on any atom is 0.408 e. The second-order valence-corrected chi connectivity index (χ2v) is 11.8. The highest BCUT2D eigenvalue weighted by Gasteiger charge is 2.32. The minimum Gasteiger partial charge on any atom is -0.463 e. The van der Waals surface area contributed by atoms with Crippen LogP contribution in [0, 0.1) is 17.8 Å². The van der Waals surface area contributed by atoms with Gasteiger partial charge in [-0.3, -0.25) is 14.4 Å². The van der Waals surface area contributed by atoms with Gasteiger partial charge in [-0.1, -0.05) is 33.8 Å². The lowest BCUT2D eigenvalue weighted by Gasteiger charge is -2.27. The Morgan fingerprint density at radius 2 is 1.54 bits per heavy atom. The van der Waals surface area contributed by atoms with Gasteiger partial charge in [0.2, 0.25) is 17.7 Å². The number of carbonyl (C=O) groups excluding carboxylic acids is 5. The van der Waals surface area contributed by atoms with Crippen molar-refractivity contribution in [2.45, 2.75) is 105 Å². The Kier molecular flexibility index (Phi) is 14.0. The van der Waals surface area contributed by atoms with E-state index in [1.54, 1.807) is 27.7 Å². The average molecular weight is 553 g/mol. The predicted octanol–water partition coefficient (Wildman–Crippen LogP) is 2.59. The van der Waals surface area contributed by atoms with Crippen LogP contribution in [0.5, 0.6) is 0 Å². The molecule has 0 aliphatic carbocycles. The Labute approximate surface area is 232 Å². The summed E-state index contributed by atoms with van der Waals surface area (Å²) in [6.45, 7) is 15.4. The second kappa shape index (κ2) is 16.1. The molecule has 1 aliphatic heterocycles. The summed E-state index contributed by atoms with van der Waals surface area (Å²) in [7, 11) is 0. The van der Waals surface area contributed by atoms with E-state index < -0.39 is 47.6 Å². The van der Waals surface area contributed by atoms with Crippen LogP contribution >= 0.6 is 0 Å². The smallest absolute Gasteiger partial charge is 0.408 e. The van der Waals surface area contributed by atoms with E-state index in [1.807, 2.05) is 27.7 Å². The minimum absolute atomic E-state index is 0.0672. The molecule has 4 atom stereocenters. The summed E-state index contributed by atoms with van der Waals surface area (Å²) in [5.41, 5.74) is -0.731. The fourth-order valence-corrected chi connectivity index (χ4v) is 4.16. The van der Waals surface area contributed by atoms with Crippen molar-refractivity contribution in [2.24, 2.45) is 17.8 Å². The quantitative estimate of drug-likeness (QED) is 0.191. The van der Waals surface area contributed by atoms with Crippen molar-refractivity contribution < 1.29 is 33.4 Å². The monoisotopic (exact) mass is 552 g/mol. The molecule has 1 aliphatic rings. The zero-order valence-electron chi connectivity index (χ0n) is 24.7. The first kappa shape index (κ1) is 33.9. The number of hydrogen-bond donors (Lipinski definition) is 4. The second-order valence-electron chi connectivity index (χ2n) is 11.8. The average Bonchev–Trinajstić information content (AvgIpc) is 3.19. The molecule has 39 heavy (non-hydrogen) atoms. The molecule has 0 bridgehead atoms. The zero-order chi connectivity index (χ0) is 29.8. The van der Waals surface area contributed by atoms with Crippen molar-refractivity contribution in [3.63, 3.8) is 0 Å². The summed E-state index contributed by atoms with van der Waals surface area (Å²) in [6.07, 6.45) is 3.65. The van der Waals surface area contributed by atoms with Crippen molar-refractivity contribution in [3.05, 3.63) is 12.2 Å². The largest absolute Gasteiger partial charge is 0.463 e. The standard InChI is InChI=1S/C28H48N4O7/c1-9-38-23(33)11-10-20(16-19-12-13-29-24(19)34)30-25(35)21(14-17(2)3)31-26(36)22(15-18(4)5)32-27(37)39-28(6,7)8/h10-11,17-22H,9,12-16H2,1-8H3,(H,29,34)(H,30,35)(H,31,36)(H,32,37)/b11-10+/t19-,20+,21-,22-/m0/s1. The summed E-state index contributed by atoms with van der Waals surface area (Å²) >= 11 is 0. The Morgan fingerprint density at radius 3 is 2.03 bits per heavy atom. The molecular weight excluding hydrogens is 504 g/mol. The first-order valence-electron chi connectivity index (χ1n) is 13.8. The molecule has 222 valence electrons. The fourth-order valence-electron chi connectivity index (χ4n) is 4.16. The molecule has 4 N–H and O–H groups in total. The van der Waals surface area contributed by atoms with Gasteiger partial charge in [0.05, 0.1) is 6.61 Å². The van der Waals surface area contributed by atoms with E-state index in [2.05, 4.69) is 21.3 Å². The molecule has 11 nitrogen and oxygen atoms in total. The first-order chi connectivity index (χ1) is 18.1. The van der Waals surface area contributed by atoms with Gasteiger partial charge in [-0.2, -0.15) is 0 Å². The zero-order valence-corrected chi connectivity index (χ0v) is 24.7. The number of ether oxygens (including phenoxy) is 2. The minimum atomic E-state index is -0.900. The van der Waals surface area contributed by atoms with Crippen LogP contribution in [0.25, 0.3) is 0 Å². The highest BCUT2D eigenvalue weighted by atomic mass is 16.6. The molecule has 1 heterocycles. The molecule has 0 aromatic rings. The van der Waals surface area contributed by atoms with Gasteiger partial charge < -0.3 is 30.7 Å². The van der Waals surface area contributed by atoms with Crippen molar-refractivity contribution in [1.82, 2.24) is 21.3 Å². The third-order valence-corrected chi connectivity index (χ3v) is 5.83. The fraction of sp³-hybridized carbons (Fsp3) is 0.750. The molecule has 0 aromatic carbocycles. The highest BCUT2D eigenvalue weighted by Crippen LogP contribution is 2.18. The summed E-state index contributed by atoms with van der Waals surface area (Å²) < 4.78 is 10.3. The molecule has 4 amide bonds. The summed E-state index contributed by atoms with van der Waals surface area (Å²) in [4.78, 5) is 63.1. The number of nitrogens with one attached hydrogen (secondary N) is 4. The van der Waals surface area contributed by atoms with Gasteiger partial charge in [0, 0.05) is 24.6 Å². The van der Waals surface area contributed by atoms with Gasteiger partial charge >= 0.3 is 12.1 Å². The molecule has 11 heteroatoms. The lowest BCUT2D eigenvalue weighted by Crippen LogP contribution is -2.55. The van der Waals surface area contributed by atoms with E-state index in [0.717, 1.165) is 0 Å². The van der Waals surface area contributed by atoms with Crippen LogP contribution < -0.4 is 21.3 Å². The van der Waals surface area contributed by atoms with Crippen LogP contribution in [-0.4, -0.2) is 66.7 Å². The number of alkyl carbamates (subject to hydrolysis) is 1. The van der Waals surface area contributed by atoms with Gasteiger partial charge in [-0.05, 0) is 65.2 Å². The van der Waals surface area contributed by atoms with Crippen molar-refractivity contribution >= 4 is 29.8 Å². The van der Waals surface area contributed by atoms with Gasteiger partial charge in [0.1, 0.15) is 17.7 Å². The normalized spacial score (nSPS) is 17.9. The maximum absolute atomic E-state index is 13.4. The Hall–Kier alpha value is -3.11. The van der Waals surface area contributed by atoms with E-state index in [-0.39, 0.29) is 30.3 Å². The molecule has 1 rings (SSSR count). The molecule has 0 spiro atoms. The van der Waals surface area contributed by atoms with Crippen LogP contribution in [0.1, 0.15) is 81.1 Å². The molecule has 0 unspecified atom stereocenters. The summed E-state index contributed by atoms with van der Waals surface area (Å²) in [5, 5.41) is 11.1. The van der Waals surface area contributed by atoms with Crippen molar-refractivity contribution in [1.29, 1.82) is 0 Å². The molecule has 0 radical (unpaired) electrons. The van der Waals surface area contributed by atoms with Crippen LogP contribution in [-0.2, 0) is 28.7 Å². The van der Waals surface area contributed by atoms with Gasteiger partial charge in [-0.15, -0.1) is 0 Å². The van der Waals surface area contributed by atoms with E-state index in [1.165, 1.54) is 12.2 Å². The Morgan fingerprint density at radius 1 is 0.974 bits per heavy atom. The molecular formula is C28H48N4O7. The lowest BCUT2D eigenvalue weighted by atomic mass is 9.96. The molecule has 0 aromatic heterocycles. The SMILES string of the molecule is CCOC(=O)/C=C/[C@H](C[C@@H]1CCNC1=O)NC(=O)[C@H](CC(C)C)NC(=O)[C@H](CC(C)C)NC(=O)OC(C)(C)C. The number of amides is 4. The predicted molar refractivity (Wildman–Crippen MR) is 147 cm³/mol. The van der Waals surface area contributed by atoms with Crippen LogP contribution in [0.2, 0.25) is 0 Å². The first-order valence-corrected chi connectivity index (χ1v) is 13.8. The Bertz CT molecular complexity index is 880. The topological polar surface area (TPSA) is 152 Å². The number of rotatable bonds is 14. The molecule has 1 fully saturated rings. The van der Waals surface area contributed by atoms with Gasteiger partial charge in [0.25, 0.3) is 0 Å². The Balaban J connectivity index is 3.07. The third kappa shape index (κ3) is 14.0. The number of carbonyl (C=O) groups is 5. The van der Waals surface area contributed by atoms with Crippen LogP contribution in [0.4, 0.5) is 4.79 Å². The molecule has 0 saturated carbocycles. The number of esters is 1. The summed E-state index contributed by atoms with van der Waals surface area (Å²) in [5.74, 6) is -1.76. The van der Waals surface area contributed by atoms with E-state index >= 15 is 0 Å². The number of hydrogen-bond acceptors (Lipinski definition) is 7. The van der Waals surface area contributed by atoms with E-state index in [9.17, 15) is 24.0 Å². The van der Waals surface area contributed by atoms with Crippen LogP contribution in [0.3, 0.4) is 0 Å². The van der Waals surface area contributed by atoms with E-state index in [4.69, 9.17) is 9.47 Å². The van der Waals surface area contributed by atoms with Crippen molar-refractivity contribution in [2.75, 3.05) is 13.2 Å². The highest BCUT2D eigenvalue weighted by molar-refractivity contribution is 5.91. The molecule has 1 saturated heterocycles. The lowest BCUT2D eigenvalue weighted by molar-refractivity contribution is -0.137.